The standard InChI is InChI=1S/C25H32ClF5N4O3/c1-5-17-34-18(21(36)33-13-24(37)8-6-14(2)7-9-24)19(26)35(17)20-16(38-22(27)28)10-15(12-32-20)11-23(3,4)25(29,30)31/h10,12,14,22,37H,5-9,11,13H2,1-4H3,(H,33,36). The quantitative estimate of drug-likeness (QED) is 0.370. The van der Waals surface area contributed by atoms with Crippen LogP contribution in [-0.2, 0) is 12.8 Å². The first-order chi connectivity index (χ1) is 17.6. The van der Waals surface area contributed by atoms with E-state index in [4.69, 9.17) is 11.6 Å². The van der Waals surface area contributed by atoms with Crippen LogP contribution in [-0.4, -0.2) is 50.5 Å². The number of aryl methyl sites for hydroxylation is 1. The van der Waals surface area contributed by atoms with E-state index in [1.54, 1.807) is 6.92 Å². The van der Waals surface area contributed by atoms with Crippen molar-refractivity contribution < 1.29 is 36.6 Å². The Morgan fingerprint density at radius 3 is 2.50 bits per heavy atom. The summed E-state index contributed by atoms with van der Waals surface area (Å²) in [5, 5.41) is 13.2. The van der Waals surface area contributed by atoms with Gasteiger partial charge in [0.15, 0.2) is 17.3 Å². The van der Waals surface area contributed by atoms with Gasteiger partial charge in [0.25, 0.3) is 5.91 Å². The van der Waals surface area contributed by atoms with Crippen molar-refractivity contribution in [1.82, 2.24) is 19.9 Å². The number of nitrogens with zero attached hydrogens (tertiary/aromatic N) is 3. The zero-order valence-corrected chi connectivity index (χ0v) is 22.4. The molecule has 3 rings (SSSR count). The number of carbonyl (C=O) groups is 1. The van der Waals surface area contributed by atoms with Crippen molar-refractivity contribution in [3.8, 4) is 11.6 Å². The van der Waals surface area contributed by atoms with Gasteiger partial charge in [-0.3, -0.25) is 9.36 Å². The maximum atomic E-state index is 13.4. The third-order valence-electron chi connectivity index (χ3n) is 6.94. The highest BCUT2D eigenvalue weighted by Crippen LogP contribution is 2.41. The van der Waals surface area contributed by atoms with Gasteiger partial charge in [-0.15, -0.1) is 0 Å². The molecule has 13 heteroatoms. The lowest BCUT2D eigenvalue weighted by Crippen LogP contribution is -2.45. The van der Waals surface area contributed by atoms with Gasteiger partial charge in [-0.2, -0.15) is 22.0 Å². The summed E-state index contributed by atoms with van der Waals surface area (Å²) < 4.78 is 72.4. The molecule has 0 saturated heterocycles. The Balaban J connectivity index is 1.93. The van der Waals surface area contributed by atoms with E-state index in [1.165, 1.54) is 0 Å². The van der Waals surface area contributed by atoms with Gasteiger partial charge in [-0.1, -0.05) is 39.3 Å². The van der Waals surface area contributed by atoms with Gasteiger partial charge in [-0.05, 0) is 49.7 Å². The van der Waals surface area contributed by atoms with Gasteiger partial charge < -0.3 is 15.2 Å². The average Bonchev–Trinajstić information content (AvgIpc) is 3.15. The highest BCUT2D eigenvalue weighted by molar-refractivity contribution is 6.32. The first-order valence-corrected chi connectivity index (χ1v) is 12.7. The largest absolute Gasteiger partial charge is 0.431 e. The van der Waals surface area contributed by atoms with E-state index in [2.05, 4.69) is 26.9 Å². The molecule has 2 aromatic rings. The first-order valence-electron chi connectivity index (χ1n) is 12.4. The molecular weight excluding hydrogens is 535 g/mol. The van der Waals surface area contributed by atoms with Crippen molar-refractivity contribution in [2.24, 2.45) is 11.3 Å². The molecule has 0 bridgehead atoms. The summed E-state index contributed by atoms with van der Waals surface area (Å²) in [5.74, 6) is -0.740. The van der Waals surface area contributed by atoms with E-state index in [0.717, 1.165) is 43.5 Å². The zero-order chi connectivity index (χ0) is 28.5. The summed E-state index contributed by atoms with van der Waals surface area (Å²) in [6, 6.07) is 1.05. The molecule has 0 atom stereocenters. The molecule has 1 fully saturated rings. The molecule has 0 aliphatic heterocycles. The number of hydrogen-bond acceptors (Lipinski definition) is 5. The summed E-state index contributed by atoms with van der Waals surface area (Å²) in [6.07, 6.45) is -1.00. The topological polar surface area (TPSA) is 89.3 Å². The van der Waals surface area contributed by atoms with Crippen LogP contribution in [0, 0.1) is 11.3 Å². The Labute approximate surface area is 222 Å². The van der Waals surface area contributed by atoms with Gasteiger partial charge in [0.05, 0.1) is 11.0 Å². The molecule has 38 heavy (non-hydrogen) atoms. The molecule has 1 amide bonds. The van der Waals surface area contributed by atoms with Crippen molar-refractivity contribution in [2.45, 2.75) is 84.6 Å². The van der Waals surface area contributed by atoms with Gasteiger partial charge >= 0.3 is 12.8 Å². The Morgan fingerprint density at radius 2 is 1.95 bits per heavy atom. The van der Waals surface area contributed by atoms with Crippen molar-refractivity contribution in [3.05, 3.63) is 34.5 Å². The molecule has 0 unspecified atom stereocenters. The van der Waals surface area contributed by atoms with Crippen molar-refractivity contribution in [2.75, 3.05) is 6.54 Å². The van der Waals surface area contributed by atoms with E-state index in [0.29, 0.717) is 18.8 Å². The maximum absolute atomic E-state index is 13.4. The molecule has 0 spiro atoms. The second kappa shape index (κ2) is 11.3. The van der Waals surface area contributed by atoms with E-state index in [9.17, 15) is 31.9 Å². The fourth-order valence-electron chi connectivity index (χ4n) is 4.38. The van der Waals surface area contributed by atoms with Crippen LogP contribution in [0.2, 0.25) is 5.15 Å². The fourth-order valence-corrected chi connectivity index (χ4v) is 4.69. The lowest BCUT2D eigenvalue weighted by Gasteiger charge is -2.34. The summed E-state index contributed by atoms with van der Waals surface area (Å²) in [7, 11) is 0. The third-order valence-corrected chi connectivity index (χ3v) is 7.28. The van der Waals surface area contributed by atoms with Crippen LogP contribution in [0.1, 0.15) is 75.3 Å². The Kier molecular flexibility index (Phi) is 8.97. The highest BCUT2D eigenvalue weighted by atomic mass is 35.5. The monoisotopic (exact) mass is 566 g/mol. The van der Waals surface area contributed by atoms with Gasteiger partial charge in [0, 0.05) is 19.2 Å². The molecule has 1 aliphatic rings. The summed E-state index contributed by atoms with van der Waals surface area (Å²) >= 11 is 6.47. The Morgan fingerprint density at radius 1 is 1.32 bits per heavy atom. The van der Waals surface area contributed by atoms with Crippen molar-refractivity contribution in [1.29, 1.82) is 0 Å². The Bertz CT molecular complexity index is 1140. The van der Waals surface area contributed by atoms with E-state index >= 15 is 0 Å². The third kappa shape index (κ3) is 6.74. The second-order valence-electron chi connectivity index (χ2n) is 10.5. The molecule has 7 nitrogen and oxygen atoms in total. The second-order valence-corrected chi connectivity index (χ2v) is 10.9. The zero-order valence-electron chi connectivity index (χ0n) is 21.6. The van der Waals surface area contributed by atoms with Crippen LogP contribution in [0.4, 0.5) is 22.0 Å². The van der Waals surface area contributed by atoms with Crippen LogP contribution in [0.25, 0.3) is 5.82 Å². The summed E-state index contributed by atoms with van der Waals surface area (Å²) in [4.78, 5) is 21.3. The molecule has 1 aliphatic carbocycles. The first kappa shape index (κ1) is 30.1. The molecule has 0 aromatic carbocycles. The maximum Gasteiger partial charge on any atom is 0.394 e. The van der Waals surface area contributed by atoms with Gasteiger partial charge in [0.2, 0.25) is 0 Å². The SMILES string of the molecule is CCc1nc(C(=O)NCC2(O)CCC(C)CC2)c(Cl)n1-c1ncc(CC(C)(C)C(F)(F)F)cc1OC(F)F. The average molecular weight is 567 g/mol. The van der Waals surface area contributed by atoms with E-state index in [1.807, 2.05) is 0 Å². The van der Waals surface area contributed by atoms with Crippen LogP contribution < -0.4 is 10.1 Å². The minimum absolute atomic E-state index is 0.00905. The molecule has 0 radical (unpaired) electrons. The Hall–Kier alpha value is -2.47. The van der Waals surface area contributed by atoms with Crippen LogP contribution >= 0.6 is 11.6 Å². The lowest BCUT2D eigenvalue weighted by atomic mass is 9.79. The highest BCUT2D eigenvalue weighted by Gasteiger charge is 2.47. The number of alkyl halides is 5. The minimum Gasteiger partial charge on any atom is -0.431 e. The molecule has 2 heterocycles. The van der Waals surface area contributed by atoms with Gasteiger partial charge in [0.1, 0.15) is 11.0 Å². The summed E-state index contributed by atoms with van der Waals surface area (Å²) in [6.45, 7) is 2.47. The molecule has 2 N–H and O–H groups in total. The van der Waals surface area contributed by atoms with Crippen LogP contribution in [0.3, 0.4) is 0 Å². The van der Waals surface area contributed by atoms with Crippen LogP contribution in [0.15, 0.2) is 12.3 Å². The van der Waals surface area contributed by atoms with Gasteiger partial charge in [-0.25, -0.2) is 9.97 Å². The number of aromatic nitrogens is 3. The molecule has 212 valence electrons. The number of carbonyl (C=O) groups excluding carboxylic acids is 1. The predicted octanol–water partition coefficient (Wildman–Crippen LogP) is 5.89. The fraction of sp³-hybridized carbons (Fsp3) is 0.640. The number of nitrogens with one attached hydrogen (secondary N) is 1. The molecule has 1 saturated carbocycles. The number of pyridine rings is 1. The van der Waals surface area contributed by atoms with Crippen molar-refractivity contribution in [3.63, 3.8) is 0 Å². The van der Waals surface area contributed by atoms with Crippen LogP contribution in [0.5, 0.6) is 5.75 Å². The lowest BCUT2D eigenvalue weighted by molar-refractivity contribution is -0.211. The number of imidazole rings is 1. The van der Waals surface area contributed by atoms with E-state index < -0.39 is 41.9 Å². The smallest absolute Gasteiger partial charge is 0.394 e. The number of aliphatic hydroxyl groups is 1. The van der Waals surface area contributed by atoms with Crippen molar-refractivity contribution >= 4 is 17.5 Å². The molecular formula is C25H32ClF5N4O3. The number of hydrogen-bond donors (Lipinski definition) is 2. The summed E-state index contributed by atoms with van der Waals surface area (Å²) in [5.41, 5.74) is -3.38. The number of halogens is 6. The number of rotatable bonds is 9. The normalized spacial score (nSPS) is 20.6. The number of ether oxygens (including phenoxy) is 1. The van der Waals surface area contributed by atoms with E-state index in [-0.39, 0.29) is 41.0 Å². The predicted molar refractivity (Wildman–Crippen MR) is 131 cm³/mol. The number of amides is 1. The minimum atomic E-state index is -4.54. The molecule has 2 aromatic heterocycles.